The molecule has 0 radical (unpaired) electrons. The molecule has 0 aliphatic rings. The Morgan fingerprint density at radius 3 is 2.92 bits per heavy atom. The van der Waals surface area contributed by atoms with E-state index < -0.39 is 0 Å². The SMILES string of the molecule is CCNC(=NCc1ccon1)NC(C)c1nc(C)c(C(=O)OCC)s1. The van der Waals surface area contributed by atoms with Crippen molar-refractivity contribution in [2.45, 2.75) is 40.3 Å². The van der Waals surface area contributed by atoms with Gasteiger partial charge in [0.25, 0.3) is 0 Å². The van der Waals surface area contributed by atoms with Crippen LogP contribution in [-0.2, 0) is 11.3 Å². The Balaban J connectivity index is 2.07. The molecule has 0 saturated heterocycles. The quantitative estimate of drug-likeness (QED) is 0.441. The lowest BCUT2D eigenvalue weighted by Gasteiger charge is -2.15. The van der Waals surface area contributed by atoms with Crippen LogP contribution in [0.3, 0.4) is 0 Å². The number of carbonyl (C=O) groups is 1. The highest BCUT2D eigenvalue weighted by atomic mass is 32.1. The molecule has 2 rings (SSSR count). The third kappa shape index (κ3) is 5.28. The van der Waals surface area contributed by atoms with Crippen molar-refractivity contribution in [3.63, 3.8) is 0 Å². The van der Waals surface area contributed by atoms with Crippen LogP contribution in [-0.4, -0.2) is 35.2 Å². The Hall–Kier alpha value is -2.42. The molecule has 9 heteroatoms. The van der Waals surface area contributed by atoms with Gasteiger partial charge in [0.15, 0.2) is 5.96 Å². The summed E-state index contributed by atoms with van der Waals surface area (Å²) in [6, 6.07) is 1.66. The van der Waals surface area contributed by atoms with E-state index in [1.54, 1.807) is 13.0 Å². The van der Waals surface area contributed by atoms with Crippen molar-refractivity contribution < 1.29 is 14.1 Å². The van der Waals surface area contributed by atoms with E-state index in [1.807, 2.05) is 20.8 Å². The van der Waals surface area contributed by atoms with Gasteiger partial charge < -0.3 is 19.9 Å². The lowest BCUT2D eigenvalue weighted by molar-refractivity contribution is 0.0531. The van der Waals surface area contributed by atoms with Gasteiger partial charge in [0.05, 0.1) is 24.9 Å². The zero-order valence-corrected chi connectivity index (χ0v) is 15.6. The normalized spacial score (nSPS) is 12.7. The van der Waals surface area contributed by atoms with Gasteiger partial charge in [0, 0.05) is 12.6 Å². The lowest BCUT2D eigenvalue weighted by Crippen LogP contribution is -2.38. The predicted octanol–water partition coefficient (Wildman–Crippen LogP) is 2.43. The Bertz CT molecular complexity index is 711. The van der Waals surface area contributed by atoms with Crippen LogP contribution in [0.4, 0.5) is 0 Å². The number of carbonyl (C=O) groups excluding carboxylic acids is 1. The summed E-state index contributed by atoms with van der Waals surface area (Å²) in [5, 5.41) is 11.1. The molecule has 2 aromatic heterocycles. The summed E-state index contributed by atoms with van der Waals surface area (Å²) in [6.45, 7) is 9.03. The minimum absolute atomic E-state index is 0.109. The van der Waals surface area contributed by atoms with Gasteiger partial charge in [-0.15, -0.1) is 11.3 Å². The molecule has 25 heavy (non-hydrogen) atoms. The number of hydrogen-bond acceptors (Lipinski definition) is 7. The highest BCUT2D eigenvalue weighted by Gasteiger charge is 2.20. The predicted molar refractivity (Wildman–Crippen MR) is 95.7 cm³/mol. The third-order valence-electron chi connectivity index (χ3n) is 3.23. The first kappa shape index (κ1) is 18.9. The minimum Gasteiger partial charge on any atom is -0.462 e. The number of nitrogens with one attached hydrogen (secondary N) is 2. The van der Waals surface area contributed by atoms with Crippen LogP contribution in [0.25, 0.3) is 0 Å². The van der Waals surface area contributed by atoms with Gasteiger partial charge >= 0.3 is 5.97 Å². The van der Waals surface area contributed by atoms with E-state index in [2.05, 4.69) is 25.8 Å². The molecule has 1 unspecified atom stereocenters. The van der Waals surface area contributed by atoms with Crippen LogP contribution in [0.2, 0.25) is 0 Å². The van der Waals surface area contributed by atoms with Crippen molar-refractivity contribution in [3.8, 4) is 0 Å². The fourth-order valence-electron chi connectivity index (χ4n) is 2.05. The highest BCUT2D eigenvalue weighted by molar-refractivity contribution is 7.13. The number of aliphatic imine (C=N–C) groups is 1. The number of esters is 1. The Morgan fingerprint density at radius 1 is 1.48 bits per heavy atom. The fraction of sp³-hybridized carbons (Fsp3) is 0.500. The average molecular weight is 365 g/mol. The number of hydrogen-bond donors (Lipinski definition) is 2. The summed E-state index contributed by atoms with van der Waals surface area (Å²) in [4.78, 5) is 21.4. The number of ether oxygens (including phenoxy) is 1. The Morgan fingerprint density at radius 2 is 2.28 bits per heavy atom. The second-order valence-corrected chi connectivity index (χ2v) is 6.27. The van der Waals surface area contributed by atoms with Crippen molar-refractivity contribution in [2.24, 2.45) is 4.99 Å². The summed E-state index contributed by atoms with van der Waals surface area (Å²) in [7, 11) is 0. The van der Waals surface area contributed by atoms with Crippen molar-refractivity contribution in [1.82, 2.24) is 20.8 Å². The molecule has 0 spiro atoms. The molecule has 0 aliphatic carbocycles. The summed E-state index contributed by atoms with van der Waals surface area (Å²) >= 11 is 1.33. The van der Waals surface area contributed by atoms with E-state index in [4.69, 9.17) is 9.26 Å². The van der Waals surface area contributed by atoms with E-state index in [9.17, 15) is 4.79 Å². The summed E-state index contributed by atoms with van der Waals surface area (Å²) in [5.74, 6) is 0.311. The number of nitrogens with zero attached hydrogens (tertiary/aromatic N) is 3. The smallest absolute Gasteiger partial charge is 0.350 e. The molecule has 2 aromatic rings. The van der Waals surface area contributed by atoms with Gasteiger partial charge in [0.2, 0.25) is 0 Å². The molecule has 1 atom stereocenters. The first-order chi connectivity index (χ1) is 12.0. The Kier molecular flexibility index (Phi) is 6.93. The van der Waals surface area contributed by atoms with Crippen LogP contribution < -0.4 is 10.6 Å². The first-order valence-electron chi connectivity index (χ1n) is 8.13. The Labute approximate surface area is 150 Å². The topological polar surface area (TPSA) is 102 Å². The molecular weight excluding hydrogens is 342 g/mol. The van der Waals surface area contributed by atoms with E-state index >= 15 is 0 Å². The van der Waals surface area contributed by atoms with Crippen molar-refractivity contribution in [3.05, 3.63) is 33.6 Å². The molecule has 2 heterocycles. The maximum Gasteiger partial charge on any atom is 0.350 e. The minimum atomic E-state index is -0.331. The van der Waals surface area contributed by atoms with Gasteiger partial charge in [-0.1, -0.05) is 5.16 Å². The highest BCUT2D eigenvalue weighted by Crippen LogP contribution is 2.24. The number of rotatable bonds is 7. The van der Waals surface area contributed by atoms with E-state index in [0.717, 1.165) is 17.2 Å². The van der Waals surface area contributed by atoms with Gasteiger partial charge in [-0.3, -0.25) is 0 Å². The zero-order valence-electron chi connectivity index (χ0n) is 14.8. The molecule has 2 N–H and O–H groups in total. The second-order valence-electron chi connectivity index (χ2n) is 5.24. The number of aromatic nitrogens is 2. The maximum atomic E-state index is 11.9. The molecule has 0 aromatic carbocycles. The van der Waals surface area contributed by atoms with E-state index in [-0.39, 0.29) is 12.0 Å². The molecule has 8 nitrogen and oxygen atoms in total. The zero-order chi connectivity index (χ0) is 18.2. The van der Waals surface area contributed by atoms with Gasteiger partial charge in [-0.2, -0.15) is 0 Å². The standard InChI is InChI=1S/C16H23N5O3S/c1-5-17-16(18-9-12-7-8-24-21-12)20-11(4)14-19-10(3)13(25-14)15(22)23-6-2/h7-8,11H,5-6,9H2,1-4H3,(H2,17,18,20). The molecule has 136 valence electrons. The summed E-state index contributed by atoms with van der Waals surface area (Å²) in [6.07, 6.45) is 1.52. The average Bonchev–Trinajstić information content (AvgIpc) is 3.22. The second kappa shape index (κ2) is 9.16. The lowest BCUT2D eigenvalue weighted by atomic mass is 10.3. The number of thiazole rings is 1. The maximum absolute atomic E-state index is 11.9. The van der Waals surface area contributed by atoms with Crippen LogP contribution in [0.1, 0.15) is 52.9 Å². The third-order valence-corrected chi connectivity index (χ3v) is 4.55. The van der Waals surface area contributed by atoms with Crippen molar-refractivity contribution in [1.29, 1.82) is 0 Å². The van der Waals surface area contributed by atoms with Crippen LogP contribution in [0.5, 0.6) is 0 Å². The summed E-state index contributed by atoms with van der Waals surface area (Å²) < 4.78 is 9.86. The van der Waals surface area contributed by atoms with Crippen LogP contribution in [0.15, 0.2) is 21.8 Å². The van der Waals surface area contributed by atoms with Crippen molar-refractivity contribution >= 4 is 23.3 Å². The number of guanidine groups is 1. The fourth-order valence-corrected chi connectivity index (χ4v) is 3.02. The molecule has 0 saturated carbocycles. The van der Waals surface area contributed by atoms with Gasteiger partial charge in [-0.25, -0.2) is 14.8 Å². The van der Waals surface area contributed by atoms with E-state index in [1.165, 1.54) is 17.6 Å². The first-order valence-corrected chi connectivity index (χ1v) is 8.95. The van der Waals surface area contributed by atoms with Gasteiger partial charge in [0.1, 0.15) is 21.8 Å². The van der Waals surface area contributed by atoms with Crippen LogP contribution in [0, 0.1) is 6.92 Å². The van der Waals surface area contributed by atoms with E-state index in [0.29, 0.717) is 29.7 Å². The van der Waals surface area contributed by atoms with Crippen LogP contribution >= 0.6 is 11.3 Å². The molecule has 0 aliphatic heterocycles. The molecular formula is C16H23N5O3S. The molecule has 0 bridgehead atoms. The number of aryl methyl sites for hydroxylation is 1. The molecule has 0 amide bonds. The van der Waals surface area contributed by atoms with Gasteiger partial charge in [-0.05, 0) is 27.7 Å². The monoisotopic (exact) mass is 365 g/mol. The summed E-state index contributed by atoms with van der Waals surface area (Å²) in [5.41, 5.74) is 1.43. The molecule has 0 fully saturated rings. The largest absolute Gasteiger partial charge is 0.462 e. The van der Waals surface area contributed by atoms with Crippen molar-refractivity contribution in [2.75, 3.05) is 13.2 Å².